The molecule has 0 saturated carbocycles. The third kappa shape index (κ3) is 4.05. The molecule has 7 heteroatoms. The lowest BCUT2D eigenvalue weighted by Gasteiger charge is -2.24. The van der Waals surface area contributed by atoms with Gasteiger partial charge in [-0.3, -0.25) is 14.5 Å². The molecule has 0 aliphatic carbocycles. The van der Waals surface area contributed by atoms with E-state index < -0.39 is 17.7 Å². The van der Waals surface area contributed by atoms with Gasteiger partial charge in [-0.15, -0.1) is 0 Å². The van der Waals surface area contributed by atoms with Crippen molar-refractivity contribution in [2.24, 2.45) is 0 Å². The minimum atomic E-state index is -0.859. The maximum absolute atomic E-state index is 13.3. The first kappa shape index (κ1) is 22.4. The molecule has 0 bridgehead atoms. The Morgan fingerprint density at radius 1 is 1.20 bits per heavy atom. The Balaban J connectivity index is 1.63. The highest BCUT2D eigenvalue weighted by Crippen LogP contribution is 2.42. The highest BCUT2D eigenvalue weighted by molar-refractivity contribution is 6.51. The van der Waals surface area contributed by atoms with Crippen LogP contribution in [0.5, 0.6) is 11.5 Å². The Morgan fingerprint density at radius 3 is 2.71 bits per heavy atom. The normalized spacial score (nSPS) is 20.4. The number of benzene rings is 2. The van der Waals surface area contributed by atoms with Crippen LogP contribution in [0.1, 0.15) is 29.7 Å². The maximum Gasteiger partial charge on any atom is 0.301 e. The molecule has 1 saturated heterocycles. The minimum Gasteiger partial charge on any atom is -0.507 e. The highest BCUT2D eigenvalue weighted by atomic mass is 16.5. The van der Waals surface area contributed by atoms with Crippen molar-refractivity contribution in [3.05, 3.63) is 102 Å². The van der Waals surface area contributed by atoms with E-state index in [0.717, 1.165) is 11.3 Å². The molecule has 2 atom stereocenters. The average molecular weight is 469 g/mol. The van der Waals surface area contributed by atoms with Crippen LogP contribution in [-0.2, 0) is 16.0 Å². The molecular formula is C28H24N2O5. The Hall–Kier alpha value is -4.39. The van der Waals surface area contributed by atoms with Crippen molar-refractivity contribution >= 4 is 23.3 Å². The van der Waals surface area contributed by atoms with Crippen LogP contribution in [0.3, 0.4) is 0 Å². The molecule has 1 amide bonds. The lowest BCUT2D eigenvalue weighted by Crippen LogP contribution is -2.30. The quantitative estimate of drug-likeness (QED) is 0.246. The summed E-state index contributed by atoms with van der Waals surface area (Å²) in [6, 6.07) is 16.6. The van der Waals surface area contributed by atoms with Crippen molar-refractivity contribution in [3.8, 4) is 11.5 Å². The van der Waals surface area contributed by atoms with E-state index in [1.54, 1.807) is 66.9 Å². The zero-order valence-electron chi connectivity index (χ0n) is 19.2. The van der Waals surface area contributed by atoms with Crippen LogP contribution < -0.4 is 14.4 Å². The van der Waals surface area contributed by atoms with Crippen molar-refractivity contribution in [3.63, 3.8) is 0 Å². The second-order valence-electron chi connectivity index (χ2n) is 8.48. The number of Topliss-reactive ketones (excluding diaryl/α,β-unsaturated/α-hetero) is 1. The van der Waals surface area contributed by atoms with Crippen LogP contribution in [0.15, 0.2) is 85.1 Å². The van der Waals surface area contributed by atoms with E-state index >= 15 is 0 Å². The number of carbonyl (C=O) groups is 2. The lowest BCUT2D eigenvalue weighted by molar-refractivity contribution is -0.132. The number of rotatable bonds is 6. The summed E-state index contributed by atoms with van der Waals surface area (Å²) in [4.78, 5) is 32.1. The van der Waals surface area contributed by atoms with Gasteiger partial charge in [0, 0.05) is 18.2 Å². The summed E-state index contributed by atoms with van der Waals surface area (Å²) in [5.41, 5.74) is 2.05. The fraction of sp³-hybridized carbons (Fsp3) is 0.179. The number of nitrogens with zero attached hydrogens (tertiary/aromatic N) is 2. The zero-order chi connectivity index (χ0) is 24.5. The summed E-state index contributed by atoms with van der Waals surface area (Å²) in [6.07, 6.45) is 3.94. The molecule has 2 aliphatic heterocycles. The van der Waals surface area contributed by atoms with E-state index in [-0.39, 0.29) is 17.4 Å². The summed E-state index contributed by atoms with van der Waals surface area (Å²) >= 11 is 0. The van der Waals surface area contributed by atoms with Gasteiger partial charge in [0.25, 0.3) is 5.78 Å². The predicted octanol–water partition coefficient (Wildman–Crippen LogP) is 4.60. The number of aliphatic hydroxyl groups excluding tert-OH is 1. The molecule has 2 unspecified atom stereocenters. The number of hydrogen-bond donors (Lipinski definition) is 1. The molecule has 1 fully saturated rings. The molecule has 2 aliphatic rings. The van der Waals surface area contributed by atoms with Gasteiger partial charge in [-0.1, -0.05) is 30.9 Å². The van der Waals surface area contributed by atoms with Gasteiger partial charge in [0.05, 0.1) is 11.6 Å². The topological polar surface area (TPSA) is 89.0 Å². The number of fused-ring (bicyclic) bond motifs is 1. The zero-order valence-corrected chi connectivity index (χ0v) is 19.2. The smallest absolute Gasteiger partial charge is 0.301 e. The fourth-order valence-electron chi connectivity index (χ4n) is 4.51. The van der Waals surface area contributed by atoms with E-state index in [0.29, 0.717) is 35.7 Å². The monoisotopic (exact) mass is 468 g/mol. The van der Waals surface area contributed by atoms with Crippen LogP contribution in [0.25, 0.3) is 5.76 Å². The van der Waals surface area contributed by atoms with E-state index in [4.69, 9.17) is 9.47 Å². The first-order chi connectivity index (χ1) is 17.0. The summed E-state index contributed by atoms with van der Waals surface area (Å²) in [7, 11) is 0. The van der Waals surface area contributed by atoms with Crippen LogP contribution in [0, 0.1) is 0 Å². The largest absolute Gasteiger partial charge is 0.507 e. The Kier molecular flexibility index (Phi) is 5.82. The molecule has 35 heavy (non-hydrogen) atoms. The van der Waals surface area contributed by atoms with Crippen molar-refractivity contribution in [1.82, 2.24) is 4.98 Å². The van der Waals surface area contributed by atoms with E-state index in [2.05, 4.69) is 11.6 Å². The Morgan fingerprint density at radius 2 is 2.00 bits per heavy atom. The van der Waals surface area contributed by atoms with Crippen LogP contribution in [0.2, 0.25) is 0 Å². The maximum atomic E-state index is 13.3. The first-order valence-electron chi connectivity index (χ1n) is 11.3. The molecule has 1 N–H and O–H groups in total. The number of pyridine rings is 1. The number of carbonyl (C=O) groups excluding carboxylic acids is 2. The molecule has 5 rings (SSSR count). The number of amides is 1. The predicted molar refractivity (Wildman–Crippen MR) is 131 cm³/mol. The van der Waals surface area contributed by atoms with E-state index in [1.807, 2.05) is 13.0 Å². The fourth-order valence-corrected chi connectivity index (χ4v) is 4.51. The van der Waals surface area contributed by atoms with Gasteiger partial charge < -0.3 is 14.6 Å². The first-order valence-corrected chi connectivity index (χ1v) is 11.3. The molecule has 176 valence electrons. The Bertz CT molecular complexity index is 1330. The molecule has 7 nitrogen and oxygen atoms in total. The third-order valence-electron chi connectivity index (χ3n) is 6.07. The van der Waals surface area contributed by atoms with Crippen molar-refractivity contribution < 1.29 is 24.2 Å². The number of ether oxygens (including phenoxy) is 2. The average Bonchev–Trinajstić information content (AvgIpc) is 3.38. The lowest BCUT2D eigenvalue weighted by atomic mass is 9.94. The van der Waals surface area contributed by atoms with Gasteiger partial charge in [0.2, 0.25) is 0 Å². The van der Waals surface area contributed by atoms with Crippen LogP contribution >= 0.6 is 0 Å². The third-order valence-corrected chi connectivity index (χ3v) is 6.07. The molecule has 2 aromatic carbocycles. The number of aliphatic hydroxyl groups is 1. The molecule has 3 aromatic rings. The summed E-state index contributed by atoms with van der Waals surface area (Å²) in [5.74, 6) is -0.0515. The van der Waals surface area contributed by atoms with Gasteiger partial charge in [-0.05, 0) is 60.5 Å². The van der Waals surface area contributed by atoms with Crippen molar-refractivity contribution in [1.29, 1.82) is 0 Å². The van der Waals surface area contributed by atoms with Crippen LogP contribution in [-0.4, -0.2) is 34.5 Å². The van der Waals surface area contributed by atoms with E-state index in [1.165, 1.54) is 4.90 Å². The van der Waals surface area contributed by atoms with Gasteiger partial charge in [0.15, 0.2) is 0 Å². The van der Waals surface area contributed by atoms with Crippen molar-refractivity contribution in [2.45, 2.75) is 25.5 Å². The molecule has 1 aromatic heterocycles. The second-order valence-corrected chi connectivity index (χ2v) is 8.48. The standard InChI is InChI=1S/C28H24N2O5/c1-3-14-34-21-10-7-18(8-11-21)25-24(27(32)28(33)30(25)23-6-4-5-13-29-23)26(31)19-9-12-22-20(16-19)15-17(2)35-22/h3-13,16-17,25,31H,1,14-15H2,2H3/b26-24+. The minimum absolute atomic E-state index is 0.00678. The van der Waals surface area contributed by atoms with E-state index in [9.17, 15) is 14.7 Å². The second kappa shape index (κ2) is 9.10. The van der Waals surface area contributed by atoms with Gasteiger partial charge in [0.1, 0.15) is 35.8 Å². The number of anilines is 1. The molecule has 3 heterocycles. The number of aromatic nitrogens is 1. The molecule has 0 spiro atoms. The molecular weight excluding hydrogens is 444 g/mol. The molecule has 0 radical (unpaired) electrons. The van der Waals surface area contributed by atoms with Crippen molar-refractivity contribution in [2.75, 3.05) is 11.5 Å². The SMILES string of the molecule is C=CCOc1ccc(C2/C(=C(\O)c3ccc4c(c3)CC(C)O4)C(=O)C(=O)N2c2ccccn2)cc1. The highest BCUT2D eigenvalue weighted by Gasteiger charge is 2.47. The Labute approximate surface area is 202 Å². The summed E-state index contributed by atoms with van der Waals surface area (Å²) in [5, 5.41) is 11.4. The number of hydrogen-bond acceptors (Lipinski definition) is 6. The summed E-state index contributed by atoms with van der Waals surface area (Å²) < 4.78 is 11.3. The van der Waals surface area contributed by atoms with Crippen LogP contribution in [0.4, 0.5) is 5.82 Å². The van der Waals surface area contributed by atoms with Gasteiger partial charge in [-0.2, -0.15) is 0 Å². The van der Waals surface area contributed by atoms with Gasteiger partial charge >= 0.3 is 5.91 Å². The summed E-state index contributed by atoms with van der Waals surface area (Å²) in [6.45, 7) is 5.97. The number of ketones is 1. The van der Waals surface area contributed by atoms with Gasteiger partial charge in [-0.25, -0.2) is 4.98 Å².